The van der Waals surface area contributed by atoms with Crippen LogP contribution in [0.15, 0.2) is 42.5 Å². The molecular weight excluding hydrogens is 636 g/mol. The van der Waals surface area contributed by atoms with E-state index in [1.165, 1.54) is 0 Å². The Balaban J connectivity index is 1.39. The maximum atomic E-state index is 13.4. The lowest BCUT2D eigenvalue weighted by Crippen LogP contribution is -2.47. The van der Waals surface area contributed by atoms with E-state index in [-0.39, 0.29) is 35.5 Å². The van der Waals surface area contributed by atoms with Crippen LogP contribution < -0.4 is 20.1 Å². The zero-order valence-corrected chi connectivity index (χ0v) is 28.6. The van der Waals surface area contributed by atoms with Crippen molar-refractivity contribution in [3.8, 4) is 11.5 Å². The number of carbonyl (C=O) groups excluding carboxylic acids is 3. The van der Waals surface area contributed by atoms with E-state index >= 15 is 0 Å². The molecule has 2 aromatic heterocycles. The third kappa shape index (κ3) is 7.80. The van der Waals surface area contributed by atoms with Crippen LogP contribution in [0.3, 0.4) is 0 Å². The number of nitrogens with one attached hydrogen (secondary N) is 3. The summed E-state index contributed by atoms with van der Waals surface area (Å²) in [6, 6.07) is 13.1. The molecule has 1 aliphatic rings. The number of amides is 2. The first-order valence-electron chi connectivity index (χ1n) is 15.5. The number of aromatic amines is 1. The van der Waals surface area contributed by atoms with Crippen LogP contribution in [0, 0.1) is 6.92 Å². The average Bonchev–Trinajstić information content (AvgIpc) is 3.54. The second-order valence-corrected chi connectivity index (χ2v) is 13.8. The van der Waals surface area contributed by atoms with Gasteiger partial charge < -0.3 is 34.9 Å². The van der Waals surface area contributed by atoms with Gasteiger partial charge in [0.25, 0.3) is 0 Å². The fraction of sp³-hybridized carbons (Fsp3) is 0.371. The second-order valence-electron chi connectivity index (χ2n) is 12.7. The number of rotatable bonds is 10. The largest absolute Gasteiger partial charge is 0.497 e. The summed E-state index contributed by atoms with van der Waals surface area (Å²) in [6.45, 7) is 7.99. The number of benzene rings is 2. The molecule has 0 saturated heterocycles. The van der Waals surface area contributed by atoms with E-state index in [0.717, 1.165) is 49.7 Å². The number of esters is 1. The predicted octanol–water partition coefficient (Wildman–Crippen LogP) is 4.82. The highest BCUT2D eigenvalue weighted by atomic mass is 32.1. The van der Waals surface area contributed by atoms with Gasteiger partial charge in [-0.05, 0) is 81.1 Å². The number of anilines is 1. The normalized spacial score (nSPS) is 14.7. The standard InChI is InChI=1S/C35H40N4O8S/c1-19-24(25-14-23(46-6)11-12-27(25)37-19)15-29(40)36-16-21-13-26-28(18-39(21)17-20-7-9-22(45-5)10-8-20)48-32(30(26)33(42)43)38-31(41)34(44)47-35(2,3)4/h7-12,14,21,37H,13,15-18H2,1-6H3,(H,36,40)(H,38,41)(H,42,43). The SMILES string of the molecule is COc1ccc(CN2Cc3sc(NC(=O)C(=O)OC(C)(C)C)c(C(=O)O)c3CC2CNC(=O)Cc2c(C)[nH]c3ccc(OC)cc23)cc1. The summed E-state index contributed by atoms with van der Waals surface area (Å²) in [5, 5.41) is 16.8. The maximum Gasteiger partial charge on any atom is 0.397 e. The lowest BCUT2D eigenvalue weighted by molar-refractivity contribution is -0.161. The molecule has 2 aromatic carbocycles. The van der Waals surface area contributed by atoms with Crippen molar-refractivity contribution in [3.63, 3.8) is 0 Å². The Bertz CT molecular complexity index is 1850. The van der Waals surface area contributed by atoms with Crippen LogP contribution >= 0.6 is 11.3 Å². The number of carbonyl (C=O) groups is 4. The van der Waals surface area contributed by atoms with Crippen LogP contribution in [0.1, 0.15) is 58.4 Å². The van der Waals surface area contributed by atoms with E-state index in [1.807, 2.05) is 49.4 Å². The summed E-state index contributed by atoms with van der Waals surface area (Å²) in [7, 11) is 3.20. The van der Waals surface area contributed by atoms with Gasteiger partial charge in [0.15, 0.2) is 0 Å². The van der Waals surface area contributed by atoms with E-state index in [9.17, 15) is 24.3 Å². The molecule has 4 aromatic rings. The Morgan fingerprint density at radius 2 is 1.73 bits per heavy atom. The number of hydrogen-bond acceptors (Lipinski definition) is 9. The number of methoxy groups -OCH3 is 2. The van der Waals surface area contributed by atoms with Crippen molar-refractivity contribution in [3.05, 3.63) is 75.3 Å². The van der Waals surface area contributed by atoms with Gasteiger partial charge in [0.1, 0.15) is 22.1 Å². The lowest BCUT2D eigenvalue weighted by Gasteiger charge is -2.36. The van der Waals surface area contributed by atoms with Gasteiger partial charge in [0, 0.05) is 47.2 Å². The predicted molar refractivity (Wildman–Crippen MR) is 182 cm³/mol. The topological polar surface area (TPSA) is 159 Å². The Morgan fingerprint density at radius 1 is 1.04 bits per heavy atom. The first-order chi connectivity index (χ1) is 22.8. The van der Waals surface area contributed by atoms with Gasteiger partial charge >= 0.3 is 17.8 Å². The number of carboxylic acid groups (broad SMARTS) is 1. The van der Waals surface area contributed by atoms with Crippen molar-refractivity contribution in [1.29, 1.82) is 0 Å². The van der Waals surface area contributed by atoms with Gasteiger partial charge in [-0.2, -0.15) is 0 Å². The Morgan fingerprint density at radius 3 is 2.38 bits per heavy atom. The van der Waals surface area contributed by atoms with Crippen LogP contribution in [0.25, 0.3) is 10.9 Å². The van der Waals surface area contributed by atoms with Gasteiger partial charge in [-0.3, -0.25) is 14.5 Å². The number of H-pyrrole nitrogens is 1. The number of ether oxygens (including phenoxy) is 3. The van der Waals surface area contributed by atoms with Gasteiger partial charge in [-0.15, -0.1) is 11.3 Å². The minimum Gasteiger partial charge on any atom is -0.497 e. The molecule has 48 heavy (non-hydrogen) atoms. The molecule has 0 radical (unpaired) electrons. The highest BCUT2D eigenvalue weighted by Crippen LogP contribution is 2.39. The third-order valence-corrected chi connectivity index (χ3v) is 9.29. The summed E-state index contributed by atoms with van der Waals surface area (Å²) in [6.07, 6.45) is 0.449. The fourth-order valence-electron chi connectivity index (χ4n) is 5.85. The Hall–Kier alpha value is -4.88. The van der Waals surface area contributed by atoms with Crippen molar-refractivity contribution < 1.29 is 38.5 Å². The molecule has 0 bridgehead atoms. The fourth-order valence-corrected chi connectivity index (χ4v) is 7.09. The summed E-state index contributed by atoms with van der Waals surface area (Å²) < 4.78 is 15.9. The molecule has 5 rings (SSSR count). The first kappa shape index (κ1) is 34.5. The number of hydrogen-bond donors (Lipinski definition) is 4. The number of nitrogens with zero attached hydrogens (tertiary/aromatic N) is 1. The van der Waals surface area contributed by atoms with E-state index < -0.39 is 23.4 Å². The summed E-state index contributed by atoms with van der Waals surface area (Å²) >= 11 is 1.13. The van der Waals surface area contributed by atoms with Gasteiger partial charge in [-0.25, -0.2) is 9.59 Å². The van der Waals surface area contributed by atoms with Gasteiger partial charge in [0.2, 0.25) is 5.91 Å². The average molecular weight is 677 g/mol. The molecule has 0 fully saturated rings. The summed E-state index contributed by atoms with van der Waals surface area (Å²) in [4.78, 5) is 57.3. The molecule has 1 unspecified atom stereocenters. The van der Waals surface area contributed by atoms with Crippen LogP contribution in [-0.2, 0) is 45.1 Å². The molecule has 3 heterocycles. The number of fused-ring (bicyclic) bond motifs is 2. The van der Waals surface area contributed by atoms with E-state index in [4.69, 9.17) is 14.2 Å². The van der Waals surface area contributed by atoms with Crippen LogP contribution in [0.2, 0.25) is 0 Å². The van der Waals surface area contributed by atoms with E-state index in [1.54, 1.807) is 35.0 Å². The van der Waals surface area contributed by atoms with Crippen LogP contribution in [0.5, 0.6) is 11.5 Å². The lowest BCUT2D eigenvalue weighted by atomic mass is 9.95. The molecule has 4 N–H and O–H groups in total. The highest BCUT2D eigenvalue weighted by molar-refractivity contribution is 7.17. The molecular formula is C35H40N4O8S. The number of aromatic carboxylic acids is 1. The monoisotopic (exact) mass is 676 g/mol. The van der Waals surface area contributed by atoms with Crippen LogP contribution in [-0.4, -0.2) is 71.2 Å². The molecule has 13 heteroatoms. The quantitative estimate of drug-likeness (QED) is 0.137. The Kier molecular flexibility index (Phi) is 10.1. The molecule has 0 aliphatic carbocycles. The zero-order valence-electron chi connectivity index (χ0n) is 27.8. The number of aromatic nitrogens is 1. The molecule has 254 valence electrons. The molecule has 0 spiro atoms. The number of aryl methyl sites for hydroxylation is 1. The number of carboxylic acids is 1. The molecule has 12 nitrogen and oxygen atoms in total. The number of thiophene rings is 1. The molecule has 1 atom stereocenters. The van der Waals surface area contributed by atoms with Crippen molar-refractivity contribution in [2.45, 2.75) is 65.3 Å². The summed E-state index contributed by atoms with van der Waals surface area (Å²) in [5.41, 5.74) is 3.30. The smallest absolute Gasteiger partial charge is 0.397 e. The first-order valence-corrected chi connectivity index (χ1v) is 16.3. The molecule has 2 amide bonds. The zero-order chi connectivity index (χ0) is 34.7. The van der Waals surface area contributed by atoms with E-state index in [0.29, 0.717) is 30.8 Å². The van der Waals surface area contributed by atoms with Crippen molar-refractivity contribution >= 4 is 51.0 Å². The summed E-state index contributed by atoms with van der Waals surface area (Å²) in [5.74, 6) is -2.12. The minimum absolute atomic E-state index is 0.0595. The minimum atomic E-state index is -1.22. The Labute approximate surface area is 282 Å². The highest BCUT2D eigenvalue weighted by Gasteiger charge is 2.35. The third-order valence-electron chi connectivity index (χ3n) is 8.16. The van der Waals surface area contributed by atoms with Gasteiger partial charge in [0.05, 0.1) is 26.2 Å². The van der Waals surface area contributed by atoms with Crippen LogP contribution in [0.4, 0.5) is 5.00 Å². The van der Waals surface area contributed by atoms with Crippen molar-refractivity contribution in [2.24, 2.45) is 0 Å². The van der Waals surface area contributed by atoms with Gasteiger partial charge in [-0.1, -0.05) is 12.1 Å². The van der Waals surface area contributed by atoms with Crippen molar-refractivity contribution in [2.75, 3.05) is 26.1 Å². The van der Waals surface area contributed by atoms with Crippen molar-refractivity contribution in [1.82, 2.24) is 15.2 Å². The van der Waals surface area contributed by atoms with E-state index in [2.05, 4.69) is 20.5 Å². The molecule has 0 saturated carbocycles. The second kappa shape index (κ2) is 14.1. The molecule has 1 aliphatic heterocycles. The maximum absolute atomic E-state index is 13.4.